The van der Waals surface area contributed by atoms with Crippen molar-refractivity contribution >= 4 is 44.0 Å². The predicted molar refractivity (Wildman–Crippen MR) is 129 cm³/mol. The highest BCUT2D eigenvalue weighted by Crippen LogP contribution is 2.36. The number of nitrogens with one attached hydrogen (secondary N) is 1. The Labute approximate surface area is 188 Å². The van der Waals surface area contributed by atoms with Gasteiger partial charge in [-0.25, -0.2) is 8.42 Å². The summed E-state index contributed by atoms with van der Waals surface area (Å²) < 4.78 is 24.5. The lowest BCUT2D eigenvalue weighted by molar-refractivity contribution is -0.113. The number of aryl methyl sites for hydroxylation is 3. The summed E-state index contributed by atoms with van der Waals surface area (Å²) in [6.45, 7) is 6.11. The van der Waals surface area contributed by atoms with E-state index in [1.807, 2.05) is 55.1 Å². The maximum absolute atomic E-state index is 12.6. The number of carbonyl (C=O) groups is 1. The minimum atomic E-state index is -3.11. The number of carbonyl (C=O) groups excluding carboxylic acids is 1. The van der Waals surface area contributed by atoms with Crippen molar-refractivity contribution in [2.24, 2.45) is 4.99 Å². The standard InChI is InChI=1S/C23H27N3O3S2/c1-4-17-7-5-6-8-18(17)24-22(27)12-30-23-25-19-13-31(28,29)14-21(19)26(23)20-10-9-15(2)11-16(20)3/h5-11,19,21H,4,12-14H2,1-3H3,(H,24,27)/t19-,21+/m0/s1. The average Bonchev–Trinajstić information content (AvgIpc) is 3.18. The van der Waals surface area contributed by atoms with E-state index >= 15 is 0 Å². The quantitative estimate of drug-likeness (QED) is 0.743. The third-order valence-electron chi connectivity index (χ3n) is 5.72. The molecule has 2 aromatic carbocycles. The number of thioether (sulfide) groups is 1. The highest BCUT2D eigenvalue weighted by Gasteiger charge is 2.47. The maximum atomic E-state index is 12.6. The highest BCUT2D eigenvalue weighted by molar-refractivity contribution is 8.14. The first-order chi connectivity index (χ1) is 14.8. The summed E-state index contributed by atoms with van der Waals surface area (Å²) in [5, 5.41) is 3.71. The van der Waals surface area contributed by atoms with Crippen LogP contribution in [0.3, 0.4) is 0 Å². The van der Waals surface area contributed by atoms with Crippen LogP contribution in [-0.2, 0) is 21.1 Å². The van der Waals surface area contributed by atoms with Gasteiger partial charge in [0.15, 0.2) is 15.0 Å². The minimum absolute atomic E-state index is 0.0687. The van der Waals surface area contributed by atoms with E-state index in [-0.39, 0.29) is 35.2 Å². The van der Waals surface area contributed by atoms with Gasteiger partial charge in [0.25, 0.3) is 0 Å². The predicted octanol–water partition coefficient (Wildman–Crippen LogP) is 3.58. The number of aliphatic imine (C=N–C) groups is 1. The van der Waals surface area contributed by atoms with E-state index in [9.17, 15) is 13.2 Å². The number of fused-ring (bicyclic) bond motifs is 1. The molecule has 164 valence electrons. The van der Waals surface area contributed by atoms with E-state index in [1.165, 1.54) is 11.8 Å². The SMILES string of the molecule is CCc1ccccc1NC(=O)CSC1=N[C@H]2CS(=O)(=O)C[C@H]2N1c1ccc(C)cc1C. The Bertz CT molecular complexity index is 1140. The third kappa shape index (κ3) is 4.65. The molecule has 31 heavy (non-hydrogen) atoms. The Morgan fingerprint density at radius 2 is 1.97 bits per heavy atom. The van der Waals surface area contributed by atoms with E-state index < -0.39 is 9.84 Å². The number of anilines is 2. The second-order valence-electron chi connectivity index (χ2n) is 8.13. The first kappa shape index (κ1) is 21.9. The Hall–Kier alpha value is -2.32. The van der Waals surface area contributed by atoms with Crippen LogP contribution in [-0.4, -0.2) is 48.8 Å². The molecule has 6 nitrogen and oxygen atoms in total. The van der Waals surface area contributed by atoms with Gasteiger partial charge in [0, 0.05) is 11.4 Å². The van der Waals surface area contributed by atoms with Gasteiger partial charge >= 0.3 is 0 Å². The van der Waals surface area contributed by atoms with Crippen LogP contribution in [0.2, 0.25) is 0 Å². The second kappa shape index (κ2) is 8.67. The molecular weight excluding hydrogens is 430 g/mol. The molecule has 0 spiro atoms. The maximum Gasteiger partial charge on any atom is 0.234 e. The first-order valence-corrected chi connectivity index (χ1v) is 13.2. The summed E-state index contributed by atoms with van der Waals surface area (Å²) in [5.74, 6) is 0.275. The highest BCUT2D eigenvalue weighted by atomic mass is 32.2. The molecule has 2 aliphatic rings. The van der Waals surface area contributed by atoms with Crippen molar-refractivity contribution in [2.45, 2.75) is 39.3 Å². The molecule has 0 aromatic heterocycles. The molecule has 8 heteroatoms. The van der Waals surface area contributed by atoms with Crippen LogP contribution in [0.1, 0.15) is 23.6 Å². The van der Waals surface area contributed by atoms with Crippen molar-refractivity contribution < 1.29 is 13.2 Å². The lowest BCUT2D eigenvalue weighted by Crippen LogP contribution is -2.39. The molecule has 2 aliphatic heterocycles. The number of para-hydroxylation sites is 1. The molecule has 2 aromatic rings. The first-order valence-electron chi connectivity index (χ1n) is 10.4. The van der Waals surface area contributed by atoms with Gasteiger partial charge in [-0.1, -0.05) is 54.6 Å². The molecule has 0 aliphatic carbocycles. The minimum Gasteiger partial charge on any atom is -0.325 e. The molecular formula is C23H27N3O3S2. The monoisotopic (exact) mass is 457 g/mol. The Morgan fingerprint density at radius 3 is 2.71 bits per heavy atom. The Morgan fingerprint density at radius 1 is 1.19 bits per heavy atom. The normalized spacial score (nSPS) is 21.6. The number of amides is 1. The molecule has 0 unspecified atom stereocenters. The van der Waals surface area contributed by atoms with E-state index in [0.717, 1.165) is 39.7 Å². The smallest absolute Gasteiger partial charge is 0.234 e. The average molecular weight is 458 g/mol. The zero-order chi connectivity index (χ0) is 22.2. The second-order valence-corrected chi connectivity index (χ2v) is 11.2. The van der Waals surface area contributed by atoms with Crippen LogP contribution < -0.4 is 10.2 Å². The molecule has 1 saturated heterocycles. The Balaban J connectivity index is 1.53. The zero-order valence-corrected chi connectivity index (χ0v) is 19.6. The van der Waals surface area contributed by atoms with Gasteiger partial charge < -0.3 is 10.2 Å². The molecule has 0 bridgehead atoms. The molecule has 0 saturated carbocycles. The van der Waals surface area contributed by atoms with Gasteiger partial charge in [0.1, 0.15) is 0 Å². The van der Waals surface area contributed by atoms with Crippen molar-refractivity contribution in [1.29, 1.82) is 0 Å². The number of rotatable bonds is 5. The van der Waals surface area contributed by atoms with Gasteiger partial charge in [-0.05, 0) is 43.5 Å². The van der Waals surface area contributed by atoms with Gasteiger partial charge in [-0.2, -0.15) is 0 Å². The van der Waals surface area contributed by atoms with Gasteiger partial charge in [0.05, 0.1) is 29.3 Å². The van der Waals surface area contributed by atoms with Crippen LogP contribution in [0, 0.1) is 13.8 Å². The van der Waals surface area contributed by atoms with Crippen molar-refractivity contribution in [1.82, 2.24) is 0 Å². The topological polar surface area (TPSA) is 78.8 Å². The Kier molecular flexibility index (Phi) is 6.12. The number of nitrogens with zero attached hydrogens (tertiary/aromatic N) is 2. The van der Waals surface area contributed by atoms with E-state index in [1.54, 1.807) is 0 Å². The molecule has 1 fully saturated rings. The fraction of sp³-hybridized carbons (Fsp3) is 0.391. The van der Waals surface area contributed by atoms with Gasteiger partial charge in [-0.15, -0.1) is 0 Å². The lowest BCUT2D eigenvalue weighted by Gasteiger charge is -2.28. The third-order valence-corrected chi connectivity index (χ3v) is 8.39. The van der Waals surface area contributed by atoms with Crippen LogP contribution in [0.4, 0.5) is 11.4 Å². The molecule has 2 heterocycles. The summed E-state index contributed by atoms with van der Waals surface area (Å²) in [6, 6.07) is 13.4. The zero-order valence-electron chi connectivity index (χ0n) is 18.0. The van der Waals surface area contributed by atoms with Crippen molar-refractivity contribution in [3.8, 4) is 0 Å². The summed E-state index contributed by atoms with van der Waals surface area (Å²) in [4.78, 5) is 19.4. The number of amidine groups is 1. The fourth-order valence-corrected chi connectivity index (χ4v) is 7.02. The van der Waals surface area contributed by atoms with Crippen LogP contribution in [0.15, 0.2) is 47.5 Å². The van der Waals surface area contributed by atoms with E-state index in [2.05, 4.69) is 18.3 Å². The summed E-state index contributed by atoms with van der Waals surface area (Å²) in [7, 11) is -3.11. The van der Waals surface area contributed by atoms with Crippen molar-refractivity contribution in [2.75, 3.05) is 27.5 Å². The fourth-order valence-electron chi connectivity index (χ4n) is 4.26. The largest absolute Gasteiger partial charge is 0.325 e. The molecule has 4 rings (SSSR count). The number of hydrogen-bond donors (Lipinski definition) is 1. The molecule has 2 atom stereocenters. The lowest BCUT2D eigenvalue weighted by atomic mass is 10.1. The van der Waals surface area contributed by atoms with Crippen LogP contribution >= 0.6 is 11.8 Å². The van der Waals surface area contributed by atoms with Gasteiger partial charge in [-0.3, -0.25) is 9.79 Å². The van der Waals surface area contributed by atoms with Crippen LogP contribution in [0.25, 0.3) is 0 Å². The molecule has 1 amide bonds. The van der Waals surface area contributed by atoms with Gasteiger partial charge in [0.2, 0.25) is 5.91 Å². The van der Waals surface area contributed by atoms with E-state index in [4.69, 9.17) is 4.99 Å². The number of sulfone groups is 1. The number of benzene rings is 2. The van der Waals surface area contributed by atoms with Crippen molar-refractivity contribution in [3.05, 3.63) is 59.2 Å². The van der Waals surface area contributed by atoms with Crippen LogP contribution in [0.5, 0.6) is 0 Å². The summed E-state index contributed by atoms with van der Waals surface area (Å²) in [6.07, 6.45) is 0.842. The molecule has 1 N–H and O–H groups in total. The van der Waals surface area contributed by atoms with Crippen molar-refractivity contribution in [3.63, 3.8) is 0 Å². The van der Waals surface area contributed by atoms with E-state index in [0.29, 0.717) is 0 Å². The summed E-state index contributed by atoms with van der Waals surface area (Å²) >= 11 is 1.37. The number of hydrogen-bond acceptors (Lipinski definition) is 6. The molecule has 0 radical (unpaired) electrons. The summed E-state index contributed by atoms with van der Waals surface area (Å²) in [5.41, 5.74) is 5.10.